The van der Waals surface area contributed by atoms with Gasteiger partial charge in [0.2, 0.25) is 0 Å². The van der Waals surface area contributed by atoms with Gasteiger partial charge in [-0.05, 0) is 48.9 Å². The van der Waals surface area contributed by atoms with Crippen molar-refractivity contribution in [1.82, 2.24) is 4.90 Å². The van der Waals surface area contributed by atoms with Gasteiger partial charge in [0.1, 0.15) is 5.75 Å². The van der Waals surface area contributed by atoms with E-state index >= 15 is 0 Å². The standard InChI is InChI=1S/C21H25NO2.ClH/c1-24-20-9-5-8-17(12-20)21(23)13-18-10-11-19(14-21)22(18)15-16-6-3-2-4-7-16;/h2-9,12,18-19,23H,10-11,13-15H2,1H3;1H. The Labute approximate surface area is 156 Å². The molecule has 2 aliphatic heterocycles. The average molecular weight is 360 g/mol. The van der Waals surface area contributed by atoms with Gasteiger partial charge in [0.15, 0.2) is 0 Å². The van der Waals surface area contributed by atoms with E-state index in [1.165, 1.54) is 18.4 Å². The van der Waals surface area contributed by atoms with Crippen LogP contribution >= 0.6 is 12.4 Å². The number of benzene rings is 2. The molecular formula is C21H26ClNO2. The van der Waals surface area contributed by atoms with Crippen molar-refractivity contribution < 1.29 is 9.84 Å². The topological polar surface area (TPSA) is 32.7 Å². The minimum atomic E-state index is -0.729. The molecule has 2 aliphatic rings. The van der Waals surface area contributed by atoms with Gasteiger partial charge in [-0.25, -0.2) is 0 Å². The quantitative estimate of drug-likeness (QED) is 0.890. The number of piperidine rings is 1. The lowest BCUT2D eigenvalue weighted by atomic mass is 9.80. The predicted molar refractivity (Wildman–Crippen MR) is 102 cm³/mol. The normalized spacial score (nSPS) is 28.4. The number of fused-ring (bicyclic) bond motifs is 2. The maximum Gasteiger partial charge on any atom is 0.119 e. The average Bonchev–Trinajstić information content (AvgIpc) is 2.86. The number of methoxy groups -OCH3 is 1. The van der Waals surface area contributed by atoms with Crippen molar-refractivity contribution in [3.8, 4) is 5.75 Å². The fourth-order valence-corrected chi connectivity index (χ4v) is 4.52. The molecule has 4 rings (SSSR count). The Balaban J connectivity index is 0.00000182. The van der Waals surface area contributed by atoms with Crippen LogP contribution in [0, 0.1) is 0 Å². The molecule has 0 radical (unpaired) electrons. The number of hydrogen-bond acceptors (Lipinski definition) is 3. The summed E-state index contributed by atoms with van der Waals surface area (Å²) in [6, 6.07) is 19.5. The van der Waals surface area contributed by atoms with E-state index in [1.54, 1.807) is 7.11 Å². The zero-order chi connectivity index (χ0) is 16.6. The first kappa shape index (κ1) is 18.2. The molecular weight excluding hydrogens is 334 g/mol. The molecule has 0 saturated carbocycles. The van der Waals surface area contributed by atoms with Crippen molar-refractivity contribution in [2.45, 2.75) is 49.9 Å². The van der Waals surface area contributed by atoms with Gasteiger partial charge in [-0.3, -0.25) is 4.90 Å². The third kappa shape index (κ3) is 3.55. The van der Waals surface area contributed by atoms with Gasteiger partial charge in [0.25, 0.3) is 0 Å². The number of ether oxygens (including phenoxy) is 1. The maximum atomic E-state index is 11.3. The van der Waals surface area contributed by atoms with Crippen molar-refractivity contribution in [2.24, 2.45) is 0 Å². The Morgan fingerprint density at radius 2 is 1.72 bits per heavy atom. The summed E-state index contributed by atoms with van der Waals surface area (Å²) in [6.45, 7) is 0.990. The summed E-state index contributed by atoms with van der Waals surface area (Å²) in [4.78, 5) is 2.60. The molecule has 2 atom stereocenters. The number of aliphatic hydroxyl groups is 1. The summed E-state index contributed by atoms with van der Waals surface area (Å²) in [7, 11) is 1.68. The van der Waals surface area contributed by atoms with E-state index in [0.717, 1.165) is 30.7 Å². The molecule has 2 heterocycles. The van der Waals surface area contributed by atoms with E-state index in [9.17, 15) is 5.11 Å². The molecule has 2 saturated heterocycles. The largest absolute Gasteiger partial charge is 0.497 e. The highest BCUT2D eigenvalue weighted by Gasteiger charge is 2.48. The fourth-order valence-electron chi connectivity index (χ4n) is 4.52. The zero-order valence-corrected chi connectivity index (χ0v) is 15.4. The van der Waals surface area contributed by atoms with Crippen molar-refractivity contribution in [3.05, 3.63) is 65.7 Å². The molecule has 2 bridgehead atoms. The van der Waals surface area contributed by atoms with Crippen LogP contribution in [-0.2, 0) is 12.1 Å². The lowest BCUT2D eigenvalue weighted by Crippen LogP contribution is -2.49. The lowest BCUT2D eigenvalue weighted by Gasteiger charge is -2.44. The van der Waals surface area contributed by atoms with E-state index in [2.05, 4.69) is 35.2 Å². The Bertz CT molecular complexity index is 692. The number of halogens is 1. The van der Waals surface area contributed by atoms with Gasteiger partial charge < -0.3 is 9.84 Å². The van der Waals surface area contributed by atoms with Crippen LogP contribution in [0.4, 0.5) is 0 Å². The molecule has 2 fully saturated rings. The first-order chi connectivity index (χ1) is 11.7. The zero-order valence-electron chi connectivity index (χ0n) is 14.6. The first-order valence-corrected chi connectivity index (χ1v) is 8.84. The minimum absolute atomic E-state index is 0. The van der Waals surface area contributed by atoms with Crippen LogP contribution in [-0.4, -0.2) is 29.2 Å². The summed E-state index contributed by atoms with van der Waals surface area (Å²) in [5.41, 5.74) is 1.63. The van der Waals surface area contributed by atoms with E-state index < -0.39 is 5.60 Å². The Kier molecular flexibility index (Phi) is 5.38. The van der Waals surface area contributed by atoms with Gasteiger partial charge in [-0.2, -0.15) is 0 Å². The molecule has 25 heavy (non-hydrogen) atoms. The lowest BCUT2D eigenvalue weighted by molar-refractivity contribution is -0.0596. The Morgan fingerprint density at radius 1 is 1.04 bits per heavy atom. The van der Waals surface area contributed by atoms with E-state index in [-0.39, 0.29) is 12.4 Å². The van der Waals surface area contributed by atoms with Crippen LogP contribution < -0.4 is 4.74 Å². The molecule has 0 aromatic heterocycles. The highest BCUT2D eigenvalue weighted by Crippen LogP contribution is 2.46. The SMILES string of the molecule is COc1cccc(C2(O)CC3CCC(C2)N3Cc2ccccc2)c1.Cl. The smallest absolute Gasteiger partial charge is 0.119 e. The highest BCUT2D eigenvalue weighted by molar-refractivity contribution is 5.85. The summed E-state index contributed by atoms with van der Waals surface area (Å²) < 4.78 is 5.34. The Hall–Kier alpha value is -1.55. The first-order valence-electron chi connectivity index (χ1n) is 8.84. The van der Waals surface area contributed by atoms with E-state index in [4.69, 9.17) is 4.74 Å². The van der Waals surface area contributed by atoms with Crippen LogP contribution in [0.1, 0.15) is 36.8 Å². The van der Waals surface area contributed by atoms with Gasteiger partial charge in [0, 0.05) is 18.6 Å². The third-order valence-corrected chi connectivity index (χ3v) is 5.73. The van der Waals surface area contributed by atoms with Crippen LogP contribution in [0.25, 0.3) is 0 Å². The maximum absolute atomic E-state index is 11.3. The van der Waals surface area contributed by atoms with Crippen molar-refractivity contribution in [3.63, 3.8) is 0 Å². The second-order valence-corrected chi connectivity index (χ2v) is 7.21. The predicted octanol–water partition coefficient (Wildman–Crippen LogP) is 4.13. The molecule has 0 aliphatic carbocycles. The number of rotatable bonds is 4. The van der Waals surface area contributed by atoms with Crippen molar-refractivity contribution in [2.75, 3.05) is 7.11 Å². The molecule has 2 aromatic rings. The van der Waals surface area contributed by atoms with Gasteiger partial charge >= 0.3 is 0 Å². The molecule has 0 spiro atoms. The highest BCUT2D eigenvalue weighted by atomic mass is 35.5. The summed E-state index contributed by atoms with van der Waals surface area (Å²) in [6.07, 6.45) is 3.99. The Morgan fingerprint density at radius 3 is 2.36 bits per heavy atom. The molecule has 134 valence electrons. The van der Waals surface area contributed by atoms with Crippen LogP contribution in [0.2, 0.25) is 0 Å². The molecule has 4 heteroatoms. The van der Waals surface area contributed by atoms with Crippen LogP contribution in [0.5, 0.6) is 5.75 Å². The molecule has 0 amide bonds. The van der Waals surface area contributed by atoms with Gasteiger partial charge in [0.05, 0.1) is 12.7 Å². The second-order valence-electron chi connectivity index (χ2n) is 7.21. The molecule has 3 nitrogen and oxygen atoms in total. The summed E-state index contributed by atoms with van der Waals surface area (Å²) >= 11 is 0. The summed E-state index contributed by atoms with van der Waals surface area (Å²) in [5, 5.41) is 11.3. The third-order valence-electron chi connectivity index (χ3n) is 5.73. The van der Waals surface area contributed by atoms with Crippen molar-refractivity contribution >= 4 is 12.4 Å². The van der Waals surface area contributed by atoms with Gasteiger partial charge in [-0.1, -0.05) is 42.5 Å². The molecule has 1 N–H and O–H groups in total. The monoisotopic (exact) mass is 359 g/mol. The van der Waals surface area contributed by atoms with E-state index in [0.29, 0.717) is 12.1 Å². The van der Waals surface area contributed by atoms with Crippen molar-refractivity contribution in [1.29, 1.82) is 0 Å². The summed E-state index contributed by atoms with van der Waals surface area (Å²) in [5.74, 6) is 0.819. The van der Waals surface area contributed by atoms with Gasteiger partial charge in [-0.15, -0.1) is 12.4 Å². The number of nitrogens with zero attached hydrogens (tertiary/aromatic N) is 1. The second kappa shape index (κ2) is 7.36. The van der Waals surface area contributed by atoms with Crippen LogP contribution in [0.3, 0.4) is 0 Å². The van der Waals surface area contributed by atoms with E-state index in [1.807, 2.05) is 24.3 Å². The fraction of sp³-hybridized carbons (Fsp3) is 0.429. The minimum Gasteiger partial charge on any atom is -0.497 e. The molecule has 2 unspecified atom stereocenters. The molecule has 2 aromatic carbocycles. The van der Waals surface area contributed by atoms with Crippen LogP contribution in [0.15, 0.2) is 54.6 Å². The number of hydrogen-bond donors (Lipinski definition) is 1.